The number of carbonyl (C=O) groups is 1. The molecule has 3 aromatic heterocycles. The Bertz CT molecular complexity index is 1370. The molecule has 3 aromatic rings. The number of rotatable bonds is 7. The molecule has 0 aromatic carbocycles. The maximum absolute atomic E-state index is 13.5. The van der Waals surface area contributed by atoms with Crippen molar-refractivity contribution in [1.29, 1.82) is 0 Å². The lowest BCUT2D eigenvalue weighted by atomic mass is 9.95. The van der Waals surface area contributed by atoms with E-state index in [1.54, 1.807) is 18.3 Å². The zero-order valence-corrected chi connectivity index (χ0v) is 21.9. The van der Waals surface area contributed by atoms with Gasteiger partial charge in [0, 0.05) is 31.0 Å². The smallest absolute Gasteiger partial charge is 0.447 e. The summed E-state index contributed by atoms with van der Waals surface area (Å²) in [5.74, 6) is 6.24. The Morgan fingerprint density at radius 3 is 2.84 bits per heavy atom. The van der Waals surface area contributed by atoms with Crippen LogP contribution in [0.4, 0.5) is 24.7 Å². The second-order valence-electron chi connectivity index (χ2n) is 8.63. The first-order valence-corrected chi connectivity index (χ1v) is 12.8. The van der Waals surface area contributed by atoms with Crippen molar-refractivity contribution >= 4 is 34.8 Å². The molecule has 0 bridgehead atoms. The molecule has 4 heterocycles. The summed E-state index contributed by atoms with van der Waals surface area (Å²) in [4.78, 5) is 20.6. The zero-order chi connectivity index (χ0) is 27.3. The number of halogens is 3. The van der Waals surface area contributed by atoms with E-state index >= 15 is 0 Å². The first-order chi connectivity index (χ1) is 18.2. The number of pyridine rings is 2. The summed E-state index contributed by atoms with van der Waals surface area (Å²) in [6.45, 7) is 3.88. The summed E-state index contributed by atoms with van der Waals surface area (Å²) in [7, 11) is 2.95. The van der Waals surface area contributed by atoms with E-state index in [4.69, 9.17) is 4.74 Å². The lowest BCUT2D eigenvalue weighted by molar-refractivity contribution is -0.0330. The summed E-state index contributed by atoms with van der Waals surface area (Å²) in [5.41, 5.74) is -3.29. The van der Waals surface area contributed by atoms with Crippen LogP contribution in [0.15, 0.2) is 35.5 Å². The van der Waals surface area contributed by atoms with Gasteiger partial charge in [0.1, 0.15) is 16.4 Å². The lowest BCUT2D eigenvalue weighted by Crippen LogP contribution is -2.42. The summed E-state index contributed by atoms with van der Waals surface area (Å²) in [5, 5.41) is 12.1. The Hall–Kier alpha value is -3.63. The van der Waals surface area contributed by atoms with Crippen molar-refractivity contribution in [1.82, 2.24) is 25.0 Å². The number of anilines is 2. The Labute approximate surface area is 222 Å². The van der Waals surface area contributed by atoms with Crippen molar-refractivity contribution in [3.8, 4) is 17.6 Å². The van der Waals surface area contributed by atoms with E-state index in [1.165, 1.54) is 24.6 Å². The molecular weight excluding hydrogens is 519 g/mol. The summed E-state index contributed by atoms with van der Waals surface area (Å²) in [6, 6.07) is 6.78. The highest BCUT2D eigenvalue weighted by atomic mass is 32.2. The number of amides is 1. The fourth-order valence-corrected chi connectivity index (χ4v) is 4.78. The first kappa shape index (κ1) is 27.4. The molecule has 38 heavy (non-hydrogen) atoms. The Balaban J connectivity index is 1.62. The van der Waals surface area contributed by atoms with Crippen molar-refractivity contribution in [2.24, 2.45) is 5.92 Å². The van der Waals surface area contributed by atoms with Gasteiger partial charge in [-0.25, -0.2) is 9.97 Å². The molecule has 13 heteroatoms. The fraction of sp³-hybridized carbons (Fsp3) is 0.400. The maximum Gasteiger partial charge on any atom is 0.447 e. The highest BCUT2D eigenvalue weighted by molar-refractivity contribution is 8.00. The van der Waals surface area contributed by atoms with Gasteiger partial charge in [0.2, 0.25) is 0 Å². The molecule has 1 amide bonds. The molecule has 1 aliphatic heterocycles. The number of fused-ring (bicyclic) bond motifs is 1. The van der Waals surface area contributed by atoms with Crippen LogP contribution in [0.25, 0.3) is 5.65 Å². The van der Waals surface area contributed by atoms with Gasteiger partial charge in [-0.05, 0) is 55.6 Å². The number of thioether (sulfide) groups is 1. The van der Waals surface area contributed by atoms with E-state index in [2.05, 4.69) is 50.0 Å². The zero-order valence-electron chi connectivity index (χ0n) is 21.1. The molecule has 1 fully saturated rings. The number of hydrogen-bond acceptors (Lipinski definition) is 8. The van der Waals surface area contributed by atoms with Crippen LogP contribution in [0.1, 0.15) is 29.5 Å². The second kappa shape index (κ2) is 11.8. The molecule has 0 aliphatic carbocycles. The van der Waals surface area contributed by atoms with Gasteiger partial charge in [-0.15, -0.1) is 0 Å². The van der Waals surface area contributed by atoms with Crippen LogP contribution in [-0.4, -0.2) is 65.6 Å². The van der Waals surface area contributed by atoms with Gasteiger partial charge in [0.15, 0.2) is 17.2 Å². The molecule has 0 saturated carbocycles. The average Bonchev–Trinajstić information content (AvgIpc) is 3.24. The number of alkyl halides is 3. The van der Waals surface area contributed by atoms with E-state index < -0.39 is 5.51 Å². The summed E-state index contributed by atoms with van der Waals surface area (Å²) in [6.07, 6.45) is 2.44. The third-order valence-corrected chi connectivity index (χ3v) is 6.85. The Morgan fingerprint density at radius 1 is 1.32 bits per heavy atom. The number of nitrogens with zero attached hydrogens (tertiary/aromatic N) is 3. The molecule has 0 radical (unpaired) electrons. The molecule has 0 unspecified atom stereocenters. The normalized spacial score (nSPS) is 17.4. The first-order valence-electron chi connectivity index (χ1n) is 11.9. The van der Waals surface area contributed by atoms with Crippen molar-refractivity contribution in [3.05, 3.63) is 41.9 Å². The predicted molar refractivity (Wildman–Crippen MR) is 141 cm³/mol. The van der Waals surface area contributed by atoms with E-state index in [0.717, 1.165) is 19.5 Å². The molecule has 1 saturated heterocycles. The SMILES string of the molecule is CNC(=O)c1ccc(OC)c(NCC#Cc2nc3c(N[C@@H]4CCNC[C@@H]4C)cccn3c2SC(F)(F)F)n1. The number of aromatic nitrogens is 3. The minimum atomic E-state index is -4.52. The van der Waals surface area contributed by atoms with Crippen LogP contribution in [-0.2, 0) is 0 Å². The van der Waals surface area contributed by atoms with E-state index in [-0.39, 0.29) is 52.5 Å². The molecule has 0 spiro atoms. The maximum atomic E-state index is 13.5. The number of piperidine rings is 1. The van der Waals surface area contributed by atoms with Crippen LogP contribution in [0.3, 0.4) is 0 Å². The van der Waals surface area contributed by atoms with Gasteiger partial charge in [-0.1, -0.05) is 12.8 Å². The van der Waals surface area contributed by atoms with Crippen molar-refractivity contribution in [3.63, 3.8) is 0 Å². The molecule has 202 valence electrons. The van der Waals surface area contributed by atoms with Gasteiger partial charge in [-0.2, -0.15) is 13.2 Å². The highest BCUT2D eigenvalue weighted by Crippen LogP contribution is 2.39. The number of ether oxygens (including phenoxy) is 1. The summed E-state index contributed by atoms with van der Waals surface area (Å²) >= 11 is -0.250. The van der Waals surface area contributed by atoms with Gasteiger partial charge in [0.05, 0.1) is 19.3 Å². The van der Waals surface area contributed by atoms with Crippen molar-refractivity contribution < 1.29 is 22.7 Å². The quantitative estimate of drug-likeness (QED) is 0.263. The third kappa shape index (κ3) is 6.43. The Kier molecular flexibility index (Phi) is 8.53. The van der Waals surface area contributed by atoms with Gasteiger partial charge >= 0.3 is 5.51 Å². The van der Waals surface area contributed by atoms with Crippen molar-refractivity contribution in [2.45, 2.75) is 29.9 Å². The van der Waals surface area contributed by atoms with Gasteiger partial charge < -0.3 is 26.0 Å². The number of hydrogen-bond donors (Lipinski definition) is 4. The fourth-order valence-electron chi connectivity index (χ4n) is 4.12. The summed E-state index contributed by atoms with van der Waals surface area (Å²) < 4.78 is 47.1. The number of imidazole rings is 1. The van der Waals surface area contributed by atoms with Crippen LogP contribution in [0, 0.1) is 17.8 Å². The molecule has 4 N–H and O–H groups in total. The van der Waals surface area contributed by atoms with Crippen LogP contribution in [0.2, 0.25) is 0 Å². The topological polar surface area (TPSA) is 105 Å². The van der Waals surface area contributed by atoms with Crippen LogP contribution < -0.4 is 26.0 Å². The average molecular weight is 548 g/mol. The Morgan fingerprint density at radius 2 is 2.13 bits per heavy atom. The number of carbonyl (C=O) groups excluding carboxylic acids is 1. The molecule has 2 atom stereocenters. The largest absolute Gasteiger partial charge is 0.493 e. The highest BCUT2D eigenvalue weighted by Gasteiger charge is 2.33. The standard InChI is InChI=1S/C25H28F3N7O2S/c1-15-14-30-12-10-16(15)32-17-7-5-13-35-22(17)34-19(24(35)38-25(26,27)28)6-4-11-31-21-20(37-3)9-8-18(33-21)23(36)29-2/h5,7-9,13,15-16,30,32H,10-12,14H2,1-3H3,(H,29,36)(H,31,33)/t15-,16+/m0/s1. The minimum Gasteiger partial charge on any atom is -0.493 e. The molecule has 1 aliphatic rings. The van der Waals surface area contributed by atoms with E-state index in [1.807, 2.05) is 6.07 Å². The number of methoxy groups -OCH3 is 1. The van der Waals surface area contributed by atoms with Crippen LogP contribution in [0.5, 0.6) is 5.75 Å². The lowest BCUT2D eigenvalue weighted by Gasteiger charge is -2.31. The minimum absolute atomic E-state index is 0.0146. The van der Waals surface area contributed by atoms with Crippen molar-refractivity contribution in [2.75, 3.05) is 44.4 Å². The van der Waals surface area contributed by atoms with Crippen LogP contribution >= 0.6 is 11.8 Å². The van der Waals surface area contributed by atoms with Gasteiger partial charge in [-0.3, -0.25) is 9.20 Å². The van der Waals surface area contributed by atoms with Gasteiger partial charge in [0.25, 0.3) is 5.91 Å². The predicted octanol–water partition coefficient (Wildman–Crippen LogP) is 3.58. The molecule has 9 nitrogen and oxygen atoms in total. The third-order valence-electron chi connectivity index (χ3n) is 6.03. The molecular formula is C25H28F3N7O2S. The van der Waals surface area contributed by atoms with E-state index in [0.29, 0.717) is 23.0 Å². The monoisotopic (exact) mass is 547 g/mol. The number of nitrogens with one attached hydrogen (secondary N) is 4. The van der Waals surface area contributed by atoms with E-state index in [9.17, 15) is 18.0 Å². The molecule has 4 rings (SSSR count). The second-order valence-corrected chi connectivity index (χ2v) is 9.69.